The van der Waals surface area contributed by atoms with Gasteiger partial charge in [0, 0.05) is 22.2 Å². The summed E-state index contributed by atoms with van der Waals surface area (Å²) in [6.07, 6.45) is 2.11. The molecule has 6 heteroatoms. The minimum absolute atomic E-state index is 0.255. The number of aryl methyl sites for hydroxylation is 1. The molecule has 1 aromatic carbocycles. The van der Waals surface area contributed by atoms with Crippen molar-refractivity contribution in [2.75, 3.05) is 6.61 Å². The number of carbonyl (C=O) groups is 3. The Kier molecular flexibility index (Phi) is 4.90. The molecule has 0 amide bonds. The first-order chi connectivity index (χ1) is 12.1. The molecule has 1 aliphatic carbocycles. The molecule has 1 aliphatic rings. The van der Waals surface area contributed by atoms with E-state index in [-0.39, 0.29) is 18.2 Å². The maximum Gasteiger partial charge on any atom is 0.341 e. The van der Waals surface area contributed by atoms with Gasteiger partial charge in [0.1, 0.15) is 10.9 Å². The van der Waals surface area contributed by atoms with Gasteiger partial charge in [-0.25, -0.2) is 9.79 Å². The molecular formula is C19H17NO4S. The first kappa shape index (κ1) is 17.2. The molecule has 0 unspecified atom stereocenters. The Morgan fingerprint density at radius 1 is 1.20 bits per heavy atom. The van der Waals surface area contributed by atoms with Crippen LogP contribution >= 0.6 is 11.3 Å². The fraction of sp³-hybridized carbons (Fsp3) is 0.263. The number of ether oxygens (including phenoxy) is 1. The van der Waals surface area contributed by atoms with Crippen LogP contribution in [0.4, 0.5) is 5.00 Å². The fourth-order valence-corrected chi connectivity index (χ4v) is 3.64. The zero-order valence-electron chi connectivity index (χ0n) is 13.9. The summed E-state index contributed by atoms with van der Waals surface area (Å²) < 4.78 is 5.05. The second kappa shape index (κ2) is 7.11. The van der Waals surface area contributed by atoms with Gasteiger partial charge in [0.05, 0.1) is 12.2 Å². The van der Waals surface area contributed by atoms with Gasteiger partial charge < -0.3 is 4.74 Å². The Hall–Kier alpha value is -2.60. The average molecular weight is 355 g/mol. The summed E-state index contributed by atoms with van der Waals surface area (Å²) in [4.78, 5) is 42.2. The van der Waals surface area contributed by atoms with Gasteiger partial charge >= 0.3 is 5.97 Å². The van der Waals surface area contributed by atoms with Gasteiger partial charge in [-0.2, -0.15) is 0 Å². The number of carbonyl (C=O) groups excluding carboxylic acids is 3. The number of fused-ring (bicyclic) bond motifs is 1. The minimum Gasteiger partial charge on any atom is -0.462 e. The van der Waals surface area contributed by atoms with Crippen LogP contribution in [0.15, 0.2) is 35.3 Å². The third kappa shape index (κ3) is 3.17. The lowest BCUT2D eigenvalue weighted by molar-refractivity contribution is 0.0527. The fourth-order valence-electron chi connectivity index (χ4n) is 2.70. The SMILES string of the molecule is CCOC(=O)c1cc(CC)sc1N=CC1C(=O)c2ccccc2C1=O. The van der Waals surface area contributed by atoms with E-state index in [1.165, 1.54) is 17.6 Å². The maximum atomic E-state index is 12.4. The average Bonchev–Trinajstić information content (AvgIpc) is 3.14. The molecule has 5 nitrogen and oxygen atoms in total. The third-order valence-electron chi connectivity index (χ3n) is 3.97. The van der Waals surface area contributed by atoms with Crippen LogP contribution in [0, 0.1) is 5.92 Å². The van der Waals surface area contributed by atoms with E-state index in [4.69, 9.17) is 4.74 Å². The number of Topliss-reactive ketones (excluding diaryl/α,β-unsaturated/α-hetero) is 2. The summed E-state index contributed by atoms with van der Waals surface area (Å²) in [5.74, 6) is -1.89. The molecular weight excluding hydrogens is 338 g/mol. The maximum absolute atomic E-state index is 12.4. The normalized spacial score (nSPS) is 14.3. The van der Waals surface area contributed by atoms with Gasteiger partial charge in [-0.3, -0.25) is 9.59 Å². The summed E-state index contributed by atoms with van der Waals surface area (Å²) in [6, 6.07) is 8.51. The number of hydrogen-bond donors (Lipinski definition) is 0. The van der Waals surface area contributed by atoms with Gasteiger partial charge in [-0.15, -0.1) is 11.3 Å². The van der Waals surface area contributed by atoms with Crippen molar-refractivity contribution in [3.63, 3.8) is 0 Å². The van der Waals surface area contributed by atoms with E-state index in [1.807, 2.05) is 6.92 Å². The monoisotopic (exact) mass is 355 g/mol. The van der Waals surface area contributed by atoms with Crippen molar-refractivity contribution in [2.24, 2.45) is 10.9 Å². The summed E-state index contributed by atoms with van der Waals surface area (Å²) in [6.45, 7) is 3.99. The predicted octanol–water partition coefficient (Wildman–Crippen LogP) is 3.88. The van der Waals surface area contributed by atoms with Crippen LogP contribution in [-0.4, -0.2) is 30.4 Å². The molecule has 25 heavy (non-hydrogen) atoms. The minimum atomic E-state index is -0.931. The van der Waals surface area contributed by atoms with Crippen LogP contribution in [0.25, 0.3) is 0 Å². The molecule has 0 spiro atoms. The zero-order valence-corrected chi connectivity index (χ0v) is 14.8. The van der Waals surface area contributed by atoms with Gasteiger partial charge in [0.15, 0.2) is 11.6 Å². The van der Waals surface area contributed by atoms with E-state index >= 15 is 0 Å². The number of esters is 1. The largest absolute Gasteiger partial charge is 0.462 e. The van der Waals surface area contributed by atoms with Crippen LogP contribution in [-0.2, 0) is 11.2 Å². The van der Waals surface area contributed by atoms with Crippen molar-refractivity contribution in [3.05, 3.63) is 51.9 Å². The first-order valence-electron chi connectivity index (χ1n) is 8.08. The lowest BCUT2D eigenvalue weighted by Gasteiger charge is -2.01. The summed E-state index contributed by atoms with van der Waals surface area (Å²) in [7, 11) is 0. The molecule has 1 aromatic heterocycles. The quantitative estimate of drug-likeness (QED) is 0.463. The van der Waals surface area contributed by atoms with E-state index in [9.17, 15) is 14.4 Å². The van der Waals surface area contributed by atoms with E-state index in [0.717, 1.165) is 11.3 Å². The van der Waals surface area contributed by atoms with E-state index < -0.39 is 11.9 Å². The predicted molar refractivity (Wildman–Crippen MR) is 96.4 cm³/mol. The summed E-state index contributed by atoms with van der Waals surface area (Å²) in [5.41, 5.74) is 1.22. The van der Waals surface area contributed by atoms with Crippen molar-refractivity contribution in [1.29, 1.82) is 0 Å². The van der Waals surface area contributed by atoms with E-state index in [0.29, 0.717) is 21.7 Å². The van der Waals surface area contributed by atoms with Crippen LogP contribution in [0.2, 0.25) is 0 Å². The second-order valence-corrected chi connectivity index (χ2v) is 6.65. The number of nitrogens with zero attached hydrogens (tertiary/aromatic N) is 1. The topological polar surface area (TPSA) is 72.8 Å². The Morgan fingerprint density at radius 3 is 2.40 bits per heavy atom. The molecule has 0 aliphatic heterocycles. The highest BCUT2D eigenvalue weighted by Gasteiger charge is 2.37. The van der Waals surface area contributed by atoms with Crippen molar-refractivity contribution in [1.82, 2.24) is 0 Å². The van der Waals surface area contributed by atoms with Crippen molar-refractivity contribution < 1.29 is 19.1 Å². The van der Waals surface area contributed by atoms with Crippen molar-refractivity contribution >= 4 is 40.1 Å². The lowest BCUT2D eigenvalue weighted by atomic mass is 10.1. The molecule has 0 saturated heterocycles. The third-order valence-corrected chi connectivity index (χ3v) is 5.16. The van der Waals surface area contributed by atoms with Crippen LogP contribution in [0.1, 0.15) is 49.8 Å². The Labute approximate surface area is 149 Å². The molecule has 2 aromatic rings. The Morgan fingerprint density at radius 2 is 1.84 bits per heavy atom. The molecule has 0 radical (unpaired) electrons. The van der Waals surface area contributed by atoms with Gasteiger partial charge in [-0.1, -0.05) is 31.2 Å². The summed E-state index contributed by atoms with van der Waals surface area (Å²) >= 11 is 1.36. The van der Waals surface area contributed by atoms with Crippen molar-refractivity contribution in [2.45, 2.75) is 20.3 Å². The van der Waals surface area contributed by atoms with E-state index in [1.54, 1.807) is 37.3 Å². The van der Waals surface area contributed by atoms with Gasteiger partial charge in [0.2, 0.25) is 0 Å². The number of thiophene rings is 1. The van der Waals surface area contributed by atoms with Crippen LogP contribution in [0.5, 0.6) is 0 Å². The molecule has 1 heterocycles. The molecule has 0 saturated carbocycles. The van der Waals surface area contributed by atoms with Crippen LogP contribution < -0.4 is 0 Å². The molecule has 3 rings (SSSR count). The number of aliphatic imine (C=N–C) groups is 1. The van der Waals surface area contributed by atoms with E-state index in [2.05, 4.69) is 4.99 Å². The van der Waals surface area contributed by atoms with Gasteiger partial charge in [-0.05, 0) is 19.4 Å². The highest BCUT2D eigenvalue weighted by Crippen LogP contribution is 2.33. The summed E-state index contributed by atoms with van der Waals surface area (Å²) in [5, 5.41) is 0.465. The first-order valence-corrected chi connectivity index (χ1v) is 8.89. The number of benzene rings is 1. The lowest BCUT2D eigenvalue weighted by Crippen LogP contribution is -2.16. The van der Waals surface area contributed by atoms with Crippen molar-refractivity contribution in [3.8, 4) is 0 Å². The molecule has 0 N–H and O–H groups in total. The van der Waals surface area contributed by atoms with Gasteiger partial charge in [0.25, 0.3) is 0 Å². The molecule has 0 fully saturated rings. The highest BCUT2D eigenvalue weighted by atomic mass is 32.1. The Bertz CT molecular complexity index is 846. The molecule has 0 bridgehead atoms. The molecule has 0 atom stereocenters. The molecule has 128 valence electrons. The van der Waals surface area contributed by atoms with Crippen LogP contribution in [0.3, 0.4) is 0 Å². The standard InChI is InChI=1S/C19H17NO4S/c1-3-11-9-14(19(23)24-4-2)18(25-11)20-10-15-16(21)12-7-5-6-8-13(12)17(15)22/h5-10,15H,3-4H2,1-2H3. The highest BCUT2D eigenvalue weighted by molar-refractivity contribution is 7.16. The number of hydrogen-bond acceptors (Lipinski definition) is 6. The Balaban J connectivity index is 1.90. The number of ketones is 2. The number of rotatable bonds is 5. The second-order valence-electron chi connectivity index (χ2n) is 5.54. The zero-order chi connectivity index (χ0) is 18.0. The smallest absolute Gasteiger partial charge is 0.341 e.